The zero-order valence-electron chi connectivity index (χ0n) is 11.9. The van der Waals surface area contributed by atoms with Gasteiger partial charge >= 0.3 is 0 Å². The summed E-state index contributed by atoms with van der Waals surface area (Å²) in [5.41, 5.74) is 0.962. The fourth-order valence-electron chi connectivity index (χ4n) is 2.09. The molecule has 3 aromatic rings. The standard InChI is InChI=1S/C17H9Cl4NO2/c18-9-4-5-10(13(21)8-9)14-6-7-15(24-14)17(23)22-16-11(19)2-1-3-12(16)20/h1-8H,(H,22,23). The number of halogens is 4. The third-order valence-corrected chi connectivity index (χ3v) is 4.41. The molecule has 0 spiro atoms. The molecule has 0 radical (unpaired) electrons. The van der Waals surface area contributed by atoms with Gasteiger partial charge in [0.25, 0.3) is 5.91 Å². The SMILES string of the molecule is O=C(Nc1c(Cl)cccc1Cl)c1ccc(-c2ccc(Cl)cc2Cl)o1. The first-order chi connectivity index (χ1) is 11.5. The fraction of sp³-hybridized carbons (Fsp3) is 0. The molecule has 3 rings (SSSR count). The Morgan fingerprint density at radius 3 is 2.25 bits per heavy atom. The summed E-state index contributed by atoms with van der Waals surface area (Å²) in [6, 6.07) is 13.1. The van der Waals surface area contributed by atoms with Crippen LogP contribution in [0.3, 0.4) is 0 Å². The van der Waals surface area contributed by atoms with Crippen LogP contribution in [0.5, 0.6) is 0 Å². The Kier molecular flexibility index (Phi) is 5.07. The highest BCUT2D eigenvalue weighted by atomic mass is 35.5. The smallest absolute Gasteiger partial charge is 0.291 e. The van der Waals surface area contributed by atoms with Crippen molar-refractivity contribution >= 4 is 58.0 Å². The largest absolute Gasteiger partial charge is 0.451 e. The molecule has 122 valence electrons. The van der Waals surface area contributed by atoms with Gasteiger partial charge in [0.2, 0.25) is 0 Å². The first-order valence-corrected chi connectivity index (χ1v) is 8.27. The van der Waals surface area contributed by atoms with Crippen LogP contribution < -0.4 is 5.32 Å². The third kappa shape index (κ3) is 3.55. The van der Waals surface area contributed by atoms with Gasteiger partial charge in [0.15, 0.2) is 5.76 Å². The summed E-state index contributed by atoms with van der Waals surface area (Å²) in [6.45, 7) is 0. The number of carbonyl (C=O) groups excluding carboxylic acids is 1. The molecule has 1 amide bonds. The van der Waals surface area contributed by atoms with Gasteiger partial charge in [-0.15, -0.1) is 0 Å². The Balaban J connectivity index is 1.86. The molecule has 24 heavy (non-hydrogen) atoms. The second-order valence-electron chi connectivity index (χ2n) is 4.84. The monoisotopic (exact) mass is 399 g/mol. The van der Waals surface area contributed by atoms with E-state index < -0.39 is 5.91 Å². The van der Waals surface area contributed by atoms with Crippen LogP contribution in [0.25, 0.3) is 11.3 Å². The number of benzene rings is 2. The average Bonchev–Trinajstić information content (AvgIpc) is 3.00. The second kappa shape index (κ2) is 7.08. The maximum absolute atomic E-state index is 12.3. The molecule has 1 N–H and O–H groups in total. The minimum atomic E-state index is -0.471. The van der Waals surface area contributed by atoms with Gasteiger partial charge in [0.05, 0.1) is 20.8 Å². The van der Waals surface area contributed by atoms with E-state index in [4.69, 9.17) is 50.8 Å². The molecule has 0 bridgehead atoms. The van der Waals surface area contributed by atoms with E-state index in [-0.39, 0.29) is 5.76 Å². The van der Waals surface area contributed by atoms with Gasteiger partial charge in [0.1, 0.15) is 5.76 Å². The molecule has 1 aromatic heterocycles. The molecule has 3 nitrogen and oxygen atoms in total. The van der Waals surface area contributed by atoms with Crippen LogP contribution in [-0.2, 0) is 0 Å². The number of furan rings is 1. The Labute approximate surface area is 158 Å². The lowest BCUT2D eigenvalue weighted by molar-refractivity contribution is 0.0997. The summed E-state index contributed by atoms with van der Waals surface area (Å²) in [5, 5.41) is 4.25. The lowest BCUT2D eigenvalue weighted by Crippen LogP contribution is -2.11. The lowest BCUT2D eigenvalue weighted by atomic mass is 10.2. The predicted octanol–water partition coefficient (Wildman–Crippen LogP) is 6.81. The fourth-order valence-corrected chi connectivity index (χ4v) is 3.08. The van der Waals surface area contributed by atoms with Crippen molar-refractivity contribution in [3.63, 3.8) is 0 Å². The highest BCUT2D eigenvalue weighted by Crippen LogP contribution is 2.33. The van der Waals surface area contributed by atoms with Crippen LogP contribution in [0.15, 0.2) is 52.9 Å². The highest BCUT2D eigenvalue weighted by molar-refractivity contribution is 6.40. The van der Waals surface area contributed by atoms with Crippen LogP contribution in [-0.4, -0.2) is 5.91 Å². The molecule has 0 aliphatic heterocycles. The molecule has 0 aliphatic rings. The van der Waals surface area contributed by atoms with E-state index in [1.54, 1.807) is 48.5 Å². The van der Waals surface area contributed by atoms with Crippen LogP contribution in [0.2, 0.25) is 20.1 Å². The molecule has 0 unspecified atom stereocenters. The van der Waals surface area contributed by atoms with Crippen molar-refractivity contribution in [2.24, 2.45) is 0 Å². The van der Waals surface area contributed by atoms with E-state index in [9.17, 15) is 4.79 Å². The Morgan fingerprint density at radius 1 is 0.875 bits per heavy atom. The zero-order valence-corrected chi connectivity index (χ0v) is 15.0. The number of para-hydroxylation sites is 1. The van der Waals surface area contributed by atoms with Gasteiger partial charge in [-0.05, 0) is 42.5 Å². The molecule has 0 atom stereocenters. The molecule has 0 aliphatic carbocycles. The van der Waals surface area contributed by atoms with E-state index in [0.717, 1.165) is 0 Å². The van der Waals surface area contributed by atoms with Crippen molar-refractivity contribution in [2.75, 3.05) is 5.32 Å². The van der Waals surface area contributed by atoms with Crippen molar-refractivity contribution in [2.45, 2.75) is 0 Å². The average molecular weight is 401 g/mol. The van der Waals surface area contributed by atoms with Gasteiger partial charge < -0.3 is 9.73 Å². The van der Waals surface area contributed by atoms with Crippen LogP contribution in [0, 0.1) is 0 Å². The molecule has 7 heteroatoms. The van der Waals surface area contributed by atoms with Gasteiger partial charge in [-0.1, -0.05) is 52.5 Å². The zero-order chi connectivity index (χ0) is 17.3. The van der Waals surface area contributed by atoms with E-state index in [1.807, 2.05) is 0 Å². The van der Waals surface area contributed by atoms with E-state index in [0.29, 0.717) is 37.1 Å². The van der Waals surface area contributed by atoms with Crippen molar-refractivity contribution in [3.8, 4) is 11.3 Å². The predicted molar refractivity (Wildman–Crippen MR) is 98.6 cm³/mol. The topological polar surface area (TPSA) is 42.2 Å². The molecule has 0 saturated heterocycles. The molecule has 2 aromatic carbocycles. The van der Waals surface area contributed by atoms with E-state index >= 15 is 0 Å². The highest BCUT2D eigenvalue weighted by Gasteiger charge is 2.16. The van der Waals surface area contributed by atoms with E-state index in [1.165, 1.54) is 0 Å². The third-order valence-electron chi connectivity index (χ3n) is 3.23. The summed E-state index contributed by atoms with van der Waals surface area (Å²) in [5.74, 6) is 0.0837. The Hall–Kier alpha value is -1.65. The molecule has 1 heterocycles. The van der Waals surface area contributed by atoms with Crippen molar-refractivity contribution in [1.29, 1.82) is 0 Å². The maximum Gasteiger partial charge on any atom is 0.291 e. The quantitative estimate of drug-likeness (QED) is 0.524. The van der Waals surface area contributed by atoms with Gasteiger partial charge in [-0.2, -0.15) is 0 Å². The summed E-state index contributed by atoms with van der Waals surface area (Å²) >= 11 is 24.1. The van der Waals surface area contributed by atoms with Crippen molar-refractivity contribution in [3.05, 3.63) is 74.4 Å². The summed E-state index contributed by atoms with van der Waals surface area (Å²) in [4.78, 5) is 12.3. The lowest BCUT2D eigenvalue weighted by Gasteiger charge is -2.07. The minimum absolute atomic E-state index is 0.104. The van der Waals surface area contributed by atoms with Crippen molar-refractivity contribution in [1.82, 2.24) is 0 Å². The normalized spacial score (nSPS) is 10.7. The molecular weight excluding hydrogens is 392 g/mol. The Bertz CT molecular complexity index is 900. The molecule has 0 fully saturated rings. The van der Waals surface area contributed by atoms with Gasteiger partial charge in [-0.3, -0.25) is 4.79 Å². The van der Waals surface area contributed by atoms with Crippen LogP contribution >= 0.6 is 46.4 Å². The van der Waals surface area contributed by atoms with Gasteiger partial charge in [0, 0.05) is 10.6 Å². The maximum atomic E-state index is 12.3. The van der Waals surface area contributed by atoms with Crippen LogP contribution in [0.1, 0.15) is 10.6 Å². The number of rotatable bonds is 3. The summed E-state index contributed by atoms with van der Waals surface area (Å²) in [7, 11) is 0. The molecule has 0 saturated carbocycles. The number of hydrogen-bond donors (Lipinski definition) is 1. The second-order valence-corrected chi connectivity index (χ2v) is 6.50. The summed E-state index contributed by atoms with van der Waals surface area (Å²) in [6.07, 6.45) is 0. The first kappa shape index (κ1) is 17.2. The Morgan fingerprint density at radius 2 is 1.58 bits per heavy atom. The van der Waals surface area contributed by atoms with Crippen molar-refractivity contribution < 1.29 is 9.21 Å². The number of anilines is 1. The first-order valence-electron chi connectivity index (χ1n) is 6.76. The molecular formula is C17H9Cl4NO2. The number of carbonyl (C=O) groups is 1. The van der Waals surface area contributed by atoms with Gasteiger partial charge in [-0.25, -0.2) is 0 Å². The summed E-state index contributed by atoms with van der Waals surface area (Å²) < 4.78 is 5.58. The minimum Gasteiger partial charge on any atom is -0.451 e. The number of hydrogen-bond acceptors (Lipinski definition) is 2. The number of amides is 1. The van der Waals surface area contributed by atoms with E-state index in [2.05, 4.69) is 5.32 Å². The number of nitrogens with one attached hydrogen (secondary N) is 1. The van der Waals surface area contributed by atoms with Crippen LogP contribution in [0.4, 0.5) is 5.69 Å².